The first-order valence-corrected chi connectivity index (χ1v) is 13.3. The van der Waals surface area contributed by atoms with Crippen molar-refractivity contribution in [3.05, 3.63) is 92.6 Å². The number of hydrogen-bond donors (Lipinski definition) is 5. The van der Waals surface area contributed by atoms with Gasteiger partial charge in [0.05, 0.1) is 16.6 Å². The molecule has 1 unspecified atom stereocenters. The number of benzene rings is 3. The number of likely N-dealkylation sites (N-methyl/N-ethyl adjacent to an activating group) is 1. The van der Waals surface area contributed by atoms with Crippen LogP contribution in [0.3, 0.4) is 0 Å². The number of carbonyl (C=O) groups excluding carboxylic acids is 1. The van der Waals surface area contributed by atoms with Gasteiger partial charge in [-0.1, -0.05) is 32.0 Å². The Morgan fingerprint density at radius 1 is 0.976 bits per heavy atom. The van der Waals surface area contributed by atoms with E-state index in [4.69, 9.17) is 4.74 Å². The van der Waals surface area contributed by atoms with Crippen LogP contribution in [-0.4, -0.2) is 62.6 Å². The Morgan fingerprint density at radius 3 is 2.21 bits per heavy atom. The van der Waals surface area contributed by atoms with Gasteiger partial charge in [0.1, 0.15) is 35.5 Å². The van der Waals surface area contributed by atoms with Crippen LogP contribution in [0.5, 0.6) is 17.2 Å². The molecule has 0 spiro atoms. The highest BCUT2D eigenvalue weighted by atomic mass is 16.5. The van der Waals surface area contributed by atoms with Gasteiger partial charge < -0.3 is 30.7 Å². The minimum absolute atomic E-state index is 0.145. The third kappa shape index (κ3) is 6.78. The molecular formula is C30H34N4O8. The van der Waals surface area contributed by atoms with Crippen LogP contribution < -0.4 is 26.6 Å². The number of nitrogens with zero attached hydrogens (tertiary/aromatic N) is 2. The Morgan fingerprint density at radius 2 is 1.62 bits per heavy atom. The zero-order valence-corrected chi connectivity index (χ0v) is 23.7. The molecule has 1 heterocycles. The van der Waals surface area contributed by atoms with E-state index in [0.29, 0.717) is 30.0 Å². The number of carboxylic acids is 1. The fourth-order valence-electron chi connectivity index (χ4n) is 4.24. The normalized spacial score (nSPS) is 11.3. The summed E-state index contributed by atoms with van der Waals surface area (Å²) in [5.74, 6) is -2.80. The number of rotatable bonds is 10. The fraction of sp³-hybridized carbons (Fsp3) is 0.267. The molecule has 1 amide bonds. The molecule has 4 rings (SSSR count). The molecule has 12 nitrogen and oxygen atoms in total. The summed E-state index contributed by atoms with van der Waals surface area (Å²) in [6.07, 6.45) is -0.145. The molecule has 0 aliphatic carbocycles. The predicted octanol–water partition coefficient (Wildman–Crippen LogP) is 2.15. The zero-order valence-electron chi connectivity index (χ0n) is 23.7. The number of fused-ring (bicyclic) bond motifs is 1. The second kappa shape index (κ2) is 14.0. The van der Waals surface area contributed by atoms with Crippen molar-refractivity contribution in [1.82, 2.24) is 19.8 Å². The van der Waals surface area contributed by atoms with Crippen molar-refractivity contribution >= 4 is 22.8 Å². The van der Waals surface area contributed by atoms with Gasteiger partial charge in [0, 0.05) is 20.0 Å². The number of ether oxygens (including phenoxy) is 1. The lowest BCUT2D eigenvalue weighted by atomic mass is 10.0. The first kappa shape index (κ1) is 31.4. The summed E-state index contributed by atoms with van der Waals surface area (Å²) >= 11 is 0. The molecule has 0 saturated carbocycles. The fourth-order valence-corrected chi connectivity index (χ4v) is 4.24. The smallest absolute Gasteiger partial charge is 0.335 e. The molecular weight excluding hydrogens is 544 g/mol. The van der Waals surface area contributed by atoms with Crippen molar-refractivity contribution in [2.24, 2.45) is 7.05 Å². The molecule has 3 aromatic carbocycles. The molecule has 4 aromatic rings. The van der Waals surface area contributed by atoms with Crippen molar-refractivity contribution in [3.63, 3.8) is 0 Å². The Kier molecular flexibility index (Phi) is 10.5. The molecule has 0 bridgehead atoms. The monoisotopic (exact) mass is 578 g/mol. The Labute approximate surface area is 241 Å². The van der Waals surface area contributed by atoms with E-state index in [1.54, 1.807) is 44.4 Å². The number of nitrogens with one attached hydrogen (secondary N) is 2. The molecule has 0 aliphatic rings. The quantitative estimate of drug-likeness (QED) is 0.177. The number of phenols is 2. The van der Waals surface area contributed by atoms with Crippen LogP contribution in [-0.2, 0) is 18.3 Å². The number of aliphatic carboxylic acids is 1. The lowest BCUT2D eigenvalue weighted by Gasteiger charge is -2.16. The van der Waals surface area contributed by atoms with Crippen molar-refractivity contribution in [1.29, 1.82) is 0 Å². The van der Waals surface area contributed by atoms with E-state index in [9.17, 15) is 34.5 Å². The lowest BCUT2D eigenvalue weighted by Crippen LogP contribution is -2.42. The van der Waals surface area contributed by atoms with Gasteiger partial charge in [0.2, 0.25) is 0 Å². The summed E-state index contributed by atoms with van der Waals surface area (Å²) in [6.45, 7) is 5.01. The van der Waals surface area contributed by atoms with Gasteiger partial charge in [-0.3, -0.25) is 14.2 Å². The summed E-state index contributed by atoms with van der Waals surface area (Å²) in [5.41, 5.74) is -0.336. The first-order chi connectivity index (χ1) is 20.1. The van der Waals surface area contributed by atoms with Gasteiger partial charge in [0.15, 0.2) is 0 Å². The molecule has 1 atom stereocenters. The van der Waals surface area contributed by atoms with E-state index >= 15 is 0 Å². The number of aromatic nitrogens is 2. The number of phenolic OH excluding ortho intramolecular Hbond substituents is 2. The van der Waals surface area contributed by atoms with Crippen molar-refractivity contribution < 1.29 is 29.6 Å². The number of amides is 1. The Bertz CT molecular complexity index is 1670. The van der Waals surface area contributed by atoms with E-state index in [1.807, 2.05) is 13.8 Å². The largest absolute Gasteiger partial charge is 0.507 e. The van der Waals surface area contributed by atoms with Crippen molar-refractivity contribution in [2.75, 3.05) is 20.2 Å². The topological polar surface area (TPSA) is 172 Å². The van der Waals surface area contributed by atoms with Crippen LogP contribution in [0.4, 0.5) is 0 Å². The molecule has 0 saturated heterocycles. The van der Waals surface area contributed by atoms with Gasteiger partial charge in [-0.05, 0) is 55.1 Å². The molecule has 0 fully saturated rings. The van der Waals surface area contributed by atoms with Gasteiger partial charge >= 0.3 is 11.7 Å². The van der Waals surface area contributed by atoms with Crippen LogP contribution in [0, 0.1) is 0 Å². The molecule has 0 radical (unpaired) electrons. The third-order valence-corrected chi connectivity index (χ3v) is 6.35. The predicted molar refractivity (Wildman–Crippen MR) is 158 cm³/mol. The molecule has 5 N–H and O–H groups in total. The van der Waals surface area contributed by atoms with Crippen LogP contribution in [0.2, 0.25) is 0 Å². The van der Waals surface area contributed by atoms with Gasteiger partial charge in [-0.2, -0.15) is 0 Å². The average molecular weight is 579 g/mol. The minimum Gasteiger partial charge on any atom is -0.507 e. The molecule has 42 heavy (non-hydrogen) atoms. The number of carbonyl (C=O) groups is 2. The van der Waals surface area contributed by atoms with Gasteiger partial charge in [-0.15, -0.1) is 0 Å². The average Bonchev–Trinajstić information content (AvgIpc) is 2.97. The zero-order chi connectivity index (χ0) is 31.0. The number of hydrogen-bond acceptors (Lipinski definition) is 8. The maximum atomic E-state index is 13.4. The van der Waals surface area contributed by atoms with E-state index < -0.39 is 46.2 Å². The molecule has 0 aliphatic heterocycles. The van der Waals surface area contributed by atoms with Crippen molar-refractivity contribution in [3.8, 4) is 22.9 Å². The minimum atomic E-state index is -1.39. The summed E-state index contributed by atoms with van der Waals surface area (Å²) in [5, 5.41) is 35.0. The van der Waals surface area contributed by atoms with E-state index in [2.05, 4.69) is 10.6 Å². The van der Waals surface area contributed by atoms with E-state index in [-0.39, 0.29) is 17.5 Å². The SMILES string of the molecule is CC.CNCCOc1ccc2c(c1)c(=O)n(-c1ccc(CC(NC(=O)c3c(O)cccc3O)C(=O)O)cc1)c(=O)n2C. The van der Waals surface area contributed by atoms with Crippen LogP contribution in [0.25, 0.3) is 16.6 Å². The highest BCUT2D eigenvalue weighted by Gasteiger charge is 2.24. The first-order valence-electron chi connectivity index (χ1n) is 13.3. The van der Waals surface area contributed by atoms with E-state index in [1.165, 1.54) is 34.9 Å². The van der Waals surface area contributed by atoms with Crippen LogP contribution in [0.1, 0.15) is 29.8 Å². The van der Waals surface area contributed by atoms with Gasteiger partial charge in [0.25, 0.3) is 11.5 Å². The maximum Gasteiger partial charge on any atom is 0.335 e. The maximum absolute atomic E-state index is 13.4. The number of carboxylic acid groups (broad SMARTS) is 1. The lowest BCUT2D eigenvalue weighted by molar-refractivity contribution is -0.139. The van der Waals surface area contributed by atoms with Crippen molar-refractivity contribution in [2.45, 2.75) is 26.3 Å². The highest BCUT2D eigenvalue weighted by molar-refractivity contribution is 6.01. The summed E-state index contributed by atoms with van der Waals surface area (Å²) < 4.78 is 8.03. The Balaban J connectivity index is 0.00000237. The summed E-state index contributed by atoms with van der Waals surface area (Å²) in [4.78, 5) is 50.9. The molecule has 222 valence electrons. The second-order valence-electron chi connectivity index (χ2n) is 9.02. The highest BCUT2D eigenvalue weighted by Crippen LogP contribution is 2.26. The standard InChI is InChI=1S/C28H28N4O8.C2H6/c1-29-12-13-40-18-10-11-21-19(15-18)26(36)32(28(39)31(21)2)17-8-6-16(7-9-17)14-20(27(37)38)30-25(35)24-22(33)4-3-5-23(24)34;1-2/h3-11,15,20,29,33-34H,12-14H2,1-2H3,(H,30,35)(H,37,38);1-2H3. The molecule has 1 aromatic heterocycles. The third-order valence-electron chi connectivity index (χ3n) is 6.35. The van der Waals surface area contributed by atoms with Crippen LogP contribution in [0.15, 0.2) is 70.3 Å². The number of aromatic hydroxyl groups is 2. The second-order valence-corrected chi connectivity index (χ2v) is 9.02. The molecule has 12 heteroatoms. The summed E-state index contributed by atoms with van der Waals surface area (Å²) in [6, 6.07) is 13.4. The van der Waals surface area contributed by atoms with Crippen LogP contribution >= 0.6 is 0 Å². The van der Waals surface area contributed by atoms with Gasteiger partial charge in [-0.25, -0.2) is 14.2 Å². The Hall–Kier alpha value is -5.10. The summed E-state index contributed by atoms with van der Waals surface area (Å²) in [7, 11) is 3.35. The number of aryl methyl sites for hydroxylation is 1. The van der Waals surface area contributed by atoms with E-state index in [0.717, 1.165) is 4.57 Å².